The Hall–Kier alpha value is -3.41. The lowest BCUT2D eigenvalue weighted by molar-refractivity contribution is -0.139. The first-order chi connectivity index (χ1) is 20.7. The first kappa shape index (κ1) is 34.1. The SMILES string of the molecule is C=C(C)C(=O)OCCCc1cc(-c2ccc(-c3ccc(CCCCC)cc3)cc2CC)ccc1OCCC(C)(CO)CO. The molecule has 5 heteroatoms. The Labute approximate surface area is 258 Å². The Morgan fingerprint density at radius 3 is 2.14 bits per heavy atom. The lowest BCUT2D eigenvalue weighted by Gasteiger charge is -2.24. The minimum atomic E-state index is -0.593. The van der Waals surface area contributed by atoms with Crippen LogP contribution in [0.3, 0.4) is 0 Å². The fourth-order valence-electron chi connectivity index (χ4n) is 5.04. The minimum Gasteiger partial charge on any atom is -0.493 e. The van der Waals surface area contributed by atoms with Crippen molar-refractivity contribution in [2.45, 2.75) is 79.1 Å². The van der Waals surface area contributed by atoms with Crippen LogP contribution in [0.1, 0.15) is 76.5 Å². The summed E-state index contributed by atoms with van der Waals surface area (Å²) in [7, 11) is 0. The van der Waals surface area contributed by atoms with Gasteiger partial charge in [0.05, 0.1) is 26.4 Å². The maximum atomic E-state index is 11.8. The number of benzene rings is 3. The highest BCUT2D eigenvalue weighted by atomic mass is 16.5. The Kier molecular flexibility index (Phi) is 13.5. The molecule has 43 heavy (non-hydrogen) atoms. The van der Waals surface area contributed by atoms with E-state index in [-0.39, 0.29) is 19.2 Å². The predicted octanol–water partition coefficient (Wildman–Crippen LogP) is 8.13. The van der Waals surface area contributed by atoms with E-state index in [1.54, 1.807) is 6.92 Å². The molecule has 0 fully saturated rings. The van der Waals surface area contributed by atoms with Crippen molar-refractivity contribution in [2.24, 2.45) is 5.41 Å². The number of aliphatic hydroxyl groups is 2. The van der Waals surface area contributed by atoms with Crippen molar-refractivity contribution in [3.63, 3.8) is 0 Å². The number of carbonyl (C=O) groups excluding carboxylic acids is 1. The maximum absolute atomic E-state index is 11.8. The number of aliphatic hydroxyl groups excluding tert-OH is 2. The summed E-state index contributed by atoms with van der Waals surface area (Å²) in [5, 5.41) is 19.3. The molecule has 232 valence electrons. The lowest BCUT2D eigenvalue weighted by Crippen LogP contribution is -2.28. The molecule has 3 rings (SSSR count). The van der Waals surface area contributed by atoms with Crippen molar-refractivity contribution in [2.75, 3.05) is 26.4 Å². The van der Waals surface area contributed by atoms with E-state index in [0.29, 0.717) is 38.0 Å². The fraction of sp³-hybridized carbons (Fsp3) is 0.447. The lowest BCUT2D eigenvalue weighted by atomic mass is 9.89. The van der Waals surface area contributed by atoms with E-state index in [9.17, 15) is 15.0 Å². The summed E-state index contributed by atoms with van der Waals surface area (Å²) in [6.07, 6.45) is 7.64. The molecule has 0 unspecified atom stereocenters. The Balaban J connectivity index is 1.83. The summed E-state index contributed by atoms with van der Waals surface area (Å²) in [6, 6.07) is 22.0. The van der Waals surface area contributed by atoms with Gasteiger partial charge in [0.25, 0.3) is 0 Å². The van der Waals surface area contributed by atoms with Crippen LogP contribution >= 0.6 is 0 Å². The summed E-state index contributed by atoms with van der Waals surface area (Å²) in [4.78, 5) is 11.8. The van der Waals surface area contributed by atoms with Gasteiger partial charge in [-0.05, 0) is 96.5 Å². The first-order valence-electron chi connectivity index (χ1n) is 15.8. The van der Waals surface area contributed by atoms with Crippen molar-refractivity contribution in [1.29, 1.82) is 0 Å². The van der Waals surface area contributed by atoms with Gasteiger partial charge in [-0.1, -0.05) is 88.7 Å². The molecule has 0 bridgehead atoms. The number of unbranched alkanes of at least 4 members (excludes halogenated alkanes) is 2. The topological polar surface area (TPSA) is 76.0 Å². The van der Waals surface area contributed by atoms with Crippen LogP contribution in [-0.4, -0.2) is 42.6 Å². The average Bonchev–Trinajstić information content (AvgIpc) is 3.03. The van der Waals surface area contributed by atoms with Gasteiger partial charge >= 0.3 is 5.97 Å². The molecular formula is C38H50O5. The Bertz CT molecular complexity index is 1320. The molecule has 2 N–H and O–H groups in total. The third kappa shape index (κ3) is 10.1. The third-order valence-electron chi connectivity index (χ3n) is 8.11. The zero-order valence-corrected chi connectivity index (χ0v) is 26.6. The predicted molar refractivity (Wildman–Crippen MR) is 176 cm³/mol. The van der Waals surface area contributed by atoms with Gasteiger partial charge in [-0.25, -0.2) is 4.79 Å². The molecule has 5 nitrogen and oxygen atoms in total. The number of carbonyl (C=O) groups is 1. The van der Waals surface area contributed by atoms with Gasteiger partial charge < -0.3 is 19.7 Å². The summed E-state index contributed by atoms with van der Waals surface area (Å²) in [6.45, 7) is 12.0. The van der Waals surface area contributed by atoms with Crippen LogP contribution < -0.4 is 4.74 Å². The van der Waals surface area contributed by atoms with E-state index in [0.717, 1.165) is 29.7 Å². The third-order valence-corrected chi connectivity index (χ3v) is 8.11. The van der Waals surface area contributed by atoms with Gasteiger partial charge in [-0.15, -0.1) is 0 Å². The first-order valence-corrected chi connectivity index (χ1v) is 15.8. The van der Waals surface area contributed by atoms with Crippen LogP contribution in [-0.2, 0) is 28.8 Å². The van der Waals surface area contributed by atoms with Crippen molar-refractivity contribution in [1.82, 2.24) is 0 Å². The monoisotopic (exact) mass is 586 g/mol. The number of rotatable bonds is 18. The zero-order valence-electron chi connectivity index (χ0n) is 26.6. The van der Waals surface area contributed by atoms with E-state index < -0.39 is 5.41 Å². The number of ether oxygens (including phenoxy) is 2. The molecule has 0 aliphatic carbocycles. The second-order valence-corrected chi connectivity index (χ2v) is 11.9. The zero-order chi connectivity index (χ0) is 31.2. The van der Waals surface area contributed by atoms with Gasteiger partial charge in [-0.3, -0.25) is 0 Å². The number of hydrogen-bond donors (Lipinski definition) is 2. The van der Waals surface area contributed by atoms with Crippen LogP contribution in [0.4, 0.5) is 0 Å². The molecular weight excluding hydrogens is 536 g/mol. The fourth-order valence-corrected chi connectivity index (χ4v) is 5.04. The molecule has 0 amide bonds. The van der Waals surface area contributed by atoms with E-state index >= 15 is 0 Å². The maximum Gasteiger partial charge on any atom is 0.333 e. The number of esters is 1. The molecule has 0 saturated carbocycles. The molecule has 0 aliphatic heterocycles. The van der Waals surface area contributed by atoms with E-state index in [2.05, 4.69) is 75.0 Å². The summed E-state index contributed by atoms with van der Waals surface area (Å²) >= 11 is 0. The smallest absolute Gasteiger partial charge is 0.333 e. The number of hydrogen-bond acceptors (Lipinski definition) is 5. The molecule has 0 atom stereocenters. The second-order valence-electron chi connectivity index (χ2n) is 11.9. The molecule has 0 radical (unpaired) electrons. The second kappa shape index (κ2) is 17.0. The molecule has 3 aromatic rings. The van der Waals surface area contributed by atoms with Crippen LogP contribution in [0.2, 0.25) is 0 Å². The molecule has 0 aromatic heterocycles. The Morgan fingerprint density at radius 1 is 0.814 bits per heavy atom. The highest BCUT2D eigenvalue weighted by Gasteiger charge is 2.22. The van der Waals surface area contributed by atoms with Crippen LogP contribution in [0.15, 0.2) is 72.8 Å². The summed E-state index contributed by atoms with van der Waals surface area (Å²) in [5.74, 6) is 0.387. The molecule has 0 spiro atoms. The number of aryl methyl sites for hydroxylation is 3. The average molecular weight is 587 g/mol. The van der Waals surface area contributed by atoms with Crippen molar-refractivity contribution < 1.29 is 24.5 Å². The standard InChI is InChI=1S/C38H50O5/c1-6-8-9-11-29-13-15-31(16-14-29)32-17-19-35(30(7-2)24-32)33-18-20-36(42-23-21-38(5,26-39)27-40)34(25-33)12-10-22-43-37(41)28(3)4/h13-20,24-25,39-40H,3,6-12,21-23,26-27H2,1-2,4-5H3. The van der Waals surface area contributed by atoms with Crippen LogP contribution in [0.25, 0.3) is 22.3 Å². The minimum absolute atomic E-state index is 0.106. The molecule has 0 heterocycles. The van der Waals surface area contributed by atoms with Gasteiger partial charge in [0.1, 0.15) is 5.75 Å². The summed E-state index contributed by atoms with van der Waals surface area (Å²) < 4.78 is 11.5. The van der Waals surface area contributed by atoms with E-state index in [1.165, 1.54) is 47.1 Å². The molecule has 0 saturated heterocycles. The van der Waals surface area contributed by atoms with Gasteiger partial charge in [-0.2, -0.15) is 0 Å². The highest BCUT2D eigenvalue weighted by molar-refractivity contribution is 5.86. The normalized spacial score (nSPS) is 11.4. The molecule has 3 aromatic carbocycles. The van der Waals surface area contributed by atoms with Crippen molar-refractivity contribution in [3.8, 4) is 28.0 Å². The van der Waals surface area contributed by atoms with Crippen LogP contribution in [0, 0.1) is 5.41 Å². The quantitative estimate of drug-likeness (QED) is 0.0894. The van der Waals surface area contributed by atoms with E-state index in [1.807, 2.05) is 13.0 Å². The largest absolute Gasteiger partial charge is 0.493 e. The van der Waals surface area contributed by atoms with Crippen molar-refractivity contribution in [3.05, 3.63) is 89.5 Å². The molecule has 0 aliphatic rings. The van der Waals surface area contributed by atoms with Crippen LogP contribution in [0.5, 0.6) is 5.75 Å². The van der Waals surface area contributed by atoms with Gasteiger partial charge in [0.15, 0.2) is 0 Å². The van der Waals surface area contributed by atoms with Gasteiger partial charge in [0, 0.05) is 11.0 Å². The highest BCUT2D eigenvalue weighted by Crippen LogP contribution is 2.33. The van der Waals surface area contributed by atoms with E-state index in [4.69, 9.17) is 9.47 Å². The summed E-state index contributed by atoms with van der Waals surface area (Å²) in [5.41, 5.74) is 8.26. The van der Waals surface area contributed by atoms with Gasteiger partial charge in [0.2, 0.25) is 0 Å². The van der Waals surface area contributed by atoms with Crippen molar-refractivity contribution >= 4 is 5.97 Å². The Morgan fingerprint density at radius 2 is 1.49 bits per heavy atom.